The highest BCUT2D eigenvalue weighted by molar-refractivity contribution is 7.71. The molecule has 0 fully saturated rings. The number of hydrogen-bond donors (Lipinski definition) is 0. The Labute approximate surface area is 184 Å². The summed E-state index contributed by atoms with van der Waals surface area (Å²) in [7, 11) is 3.35. The third kappa shape index (κ3) is 5.65. The van der Waals surface area contributed by atoms with Crippen molar-refractivity contribution < 1.29 is 18.3 Å². The van der Waals surface area contributed by atoms with Crippen LogP contribution in [0.4, 0.5) is 8.78 Å². The van der Waals surface area contributed by atoms with E-state index in [1.54, 1.807) is 29.2 Å². The minimum Gasteiger partial charge on any atom is -0.493 e. The van der Waals surface area contributed by atoms with Gasteiger partial charge in [0.1, 0.15) is 0 Å². The van der Waals surface area contributed by atoms with Gasteiger partial charge in [-0.2, -0.15) is 13.9 Å². The van der Waals surface area contributed by atoms with E-state index in [9.17, 15) is 8.78 Å². The van der Waals surface area contributed by atoms with Crippen molar-refractivity contribution in [1.29, 1.82) is 0 Å². The molecule has 0 bridgehead atoms. The van der Waals surface area contributed by atoms with E-state index in [1.807, 2.05) is 28.6 Å². The maximum absolute atomic E-state index is 12.5. The van der Waals surface area contributed by atoms with Crippen LogP contribution < -0.4 is 9.47 Å². The van der Waals surface area contributed by atoms with E-state index < -0.39 is 6.61 Å². The predicted molar refractivity (Wildman–Crippen MR) is 116 cm³/mol. The molecule has 3 rings (SSSR count). The van der Waals surface area contributed by atoms with Crippen LogP contribution in [0.25, 0.3) is 11.4 Å². The average molecular weight is 450 g/mol. The second kappa shape index (κ2) is 10.5. The summed E-state index contributed by atoms with van der Waals surface area (Å²) < 4.78 is 39.2. The molecule has 0 spiro atoms. The van der Waals surface area contributed by atoms with Gasteiger partial charge in [-0.25, -0.2) is 4.68 Å². The van der Waals surface area contributed by atoms with Crippen LogP contribution in [0.3, 0.4) is 0 Å². The maximum Gasteiger partial charge on any atom is 0.387 e. The van der Waals surface area contributed by atoms with Gasteiger partial charge in [0.2, 0.25) is 0 Å². The van der Waals surface area contributed by atoms with E-state index in [0.717, 1.165) is 29.9 Å². The Balaban J connectivity index is 1.79. The number of aromatic nitrogens is 4. The van der Waals surface area contributed by atoms with Crippen LogP contribution in [0.5, 0.6) is 11.5 Å². The molecule has 0 unspecified atom stereocenters. The largest absolute Gasteiger partial charge is 0.493 e. The Morgan fingerprint density at radius 3 is 2.55 bits per heavy atom. The molecule has 0 radical (unpaired) electrons. The highest BCUT2D eigenvalue weighted by Crippen LogP contribution is 2.30. The molecular weight excluding hydrogens is 424 g/mol. The van der Waals surface area contributed by atoms with Gasteiger partial charge in [-0.1, -0.05) is 13.0 Å². The van der Waals surface area contributed by atoms with Gasteiger partial charge in [-0.05, 0) is 55.5 Å². The molecule has 0 aliphatic rings. The molecule has 0 atom stereocenters. The number of ether oxygens (including phenoxy) is 2. The summed E-state index contributed by atoms with van der Waals surface area (Å²) in [5, 5.41) is 4.74. The summed E-state index contributed by atoms with van der Waals surface area (Å²) in [6, 6.07) is 8.72. The molecular formula is C21H25F2N5O2S. The number of alkyl halides is 2. The monoisotopic (exact) mass is 449 g/mol. The number of hydrogen-bond acceptors (Lipinski definition) is 6. The van der Waals surface area contributed by atoms with Gasteiger partial charge in [-0.15, -0.1) is 0 Å². The highest BCUT2D eigenvalue weighted by Gasteiger charge is 2.15. The van der Waals surface area contributed by atoms with Crippen molar-refractivity contribution in [3.05, 3.63) is 53.1 Å². The summed E-state index contributed by atoms with van der Waals surface area (Å²) in [6.07, 6.45) is 4.39. The van der Waals surface area contributed by atoms with E-state index >= 15 is 0 Å². The first kappa shape index (κ1) is 22.8. The normalized spacial score (nSPS) is 11.3. The molecule has 2 heterocycles. The molecule has 10 heteroatoms. The lowest BCUT2D eigenvalue weighted by molar-refractivity contribution is -0.0512. The van der Waals surface area contributed by atoms with E-state index in [1.165, 1.54) is 13.2 Å². The Morgan fingerprint density at radius 2 is 1.90 bits per heavy atom. The first-order chi connectivity index (χ1) is 14.9. The molecule has 7 nitrogen and oxygen atoms in total. The predicted octanol–water partition coefficient (Wildman–Crippen LogP) is 4.59. The highest BCUT2D eigenvalue weighted by atomic mass is 32.1. The van der Waals surface area contributed by atoms with E-state index in [-0.39, 0.29) is 11.5 Å². The minimum atomic E-state index is -2.91. The number of nitrogens with zero attached hydrogens (tertiary/aromatic N) is 5. The zero-order valence-electron chi connectivity index (χ0n) is 17.7. The van der Waals surface area contributed by atoms with E-state index in [4.69, 9.17) is 22.1 Å². The number of pyridine rings is 1. The first-order valence-electron chi connectivity index (χ1n) is 9.81. The summed E-state index contributed by atoms with van der Waals surface area (Å²) in [5.41, 5.74) is 1.84. The Bertz CT molecular complexity index is 1060. The fraction of sp³-hybridized carbons (Fsp3) is 0.381. The molecule has 0 aliphatic carbocycles. The van der Waals surface area contributed by atoms with Gasteiger partial charge in [0.05, 0.1) is 13.8 Å². The maximum atomic E-state index is 12.5. The van der Waals surface area contributed by atoms with Crippen molar-refractivity contribution in [2.75, 3.05) is 14.2 Å². The number of rotatable bonds is 10. The molecule has 0 aliphatic heterocycles. The van der Waals surface area contributed by atoms with Gasteiger partial charge >= 0.3 is 6.61 Å². The Morgan fingerprint density at radius 1 is 1.16 bits per heavy atom. The quantitative estimate of drug-likeness (QED) is 0.422. The zero-order chi connectivity index (χ0) is 22.4. The van der Waals surface area contributed by atoms with Gasteiger partial charge < -0.3 is 9.47 Å². The molecule has 31 heavy (non-hydrogen) atoms. The van der Waals surface area contributed by atoms with Crippen molar-refractivity contribution in [2.24, 2.45) is 0 Å². The van der Waals surface area contributed by atoms with Crippen molar-refractivity contribution in [3.8, 4) is 22.9 Å². The summed E-state index contributed by atoms with van der Waals surface area (Å²) in [6.45, 7) is 0.959. The van der Waals surface area contributed by atoms with Crippen LogP contribution in [0, 0.1) is 4.77 Å². The molecule has 0 saturated carbocycles. The van der Waals surface area contributed by atoms with Crippen molar-refractivity contribution in [1.82, 2.24) is 24.2 Å². The number of benzene rings is 1. The summed E-state index contributed by atoms with van der Waals surface area (Å²) in [4.78, 5) is 6.09. The summed E-state index contributed by atoms with van der Waals surface area (Å²) in [5.74, 6) is 1.07. The lowest BCUT2D eigenvalue weighted by atomic mass is 10.2. The van der Waals surface area contributed by atoms with Crippen molar-refractivity contribution in [2.45, 2.75) is 39.7 Å². The molecule has 3 aromatic rings. The zero-order valence-corrected chi connectivity index (χ0v) is 18.5. The van der Waals surface area contributed by atoms with Gasteiger partial charge in [0.25, 0.3) is 0 Å². The topological polar surface area (TPSA) is 57.3 Å². The third-order valence-corrected chi connectivity index (χ3v) is 5.01. The first-order valence-corrected chi connectivity index (χ1v) is 10.2. The summed E-state index contributed by atoms with van der Waals surface area (Å²) >= 11 is 5.67. The molecule has 0 amide bonds. The van der Waals surface area contributed by atoms with Gasteiger partial charge in [0, 0.05) is 31.0 Å². The smallest absolute Gasteiger partial charge is 0.387 e. The third-order valence-electron chi connectivity index (χ3n) is 4.58. The van der Waals surface area contributed by atoms with Gasteiger partial charge in [0.15, 0.2) is 22.1 Å². The van der Waals surface area contributed by atoms with Crippen molar-refractivity contribution >= 4 is 12.2 Å². The van der Waals surface area contributed by atoms with Crippen LogP contribution in [0.2, 0.25) is 0 Å². The lowest BCUT2D eigenvalue weighted by Gasteiger charge is -2.18. The van der Waals surface area contributed by atoms with Crippen LogP contribution in [-0.4, -0.2) is 45.0 Å². The SMILES string of the molecule is CCCn1c(-c2ccncc2)nn(CN(C)Cc2ccc(OC(F)F)c(OC)c2)c1=S. The molecule has 0 N–H and O–H groups in total. The van der Waals surface area contributed by atoms with Crippen LogP contribution in [0.15, 0.2) is 42.7 Å². The second-order valence-electron chi connectivity index (χ2n) is 7.01. The fourth-order valence-corrected chi connectivity index (χ4v) is 3.54. The molecule has 1 aromatic carbocycles. The lowest BCUT2D eigenvalue weighted by Crippen LogP contribution is -2.22. The van der Waals surface area contributed by atoms with Gasteiger partial charge in [-0.3, -0.25) is 14.5 Å². The van der Waals surface area contributed by atoms with Crippen LogP contribution >= 0.6 is 12.2 Å². The number of halogens is 2. The molecule has 2 aromatic heterocycles. The van der Waals surface area contributed by atoms with E-state index in [2.05, 4.69) is 16.6 Å². The fourth-order valence-electron chi connectivity index (χ4n) is 3.27. The Kier molecular flexibility index (Phi) is 7.69. The molecule has 0 saturated heterocycles. The standard InChI is InChI=1S/C21H25F2N5O2S/c1-4-11-27-19(16-7-9-24-10-8-16)25-28(21(27)31)14-26(2)13-15-5-6-17(30-20(22)23)18(12-15)29-3/h5-10,12,20H,4,11,13-14H2,1-3H3. The van der Waals surface area contributed by atoms with Crippen LogP contribution in [-0.2, 0) is 19.8 Å². The average Bonchev–Trinajstić information content (AvgIpc) is 3.05. The Hall–Kier alpha value is -2.85. The number of methoxy groups -OCH3 is 1. The van der Waals surface area contributed by atoms with Crippen LogP contribution in [0.1, 0.15) is 18.9 Å². The minimum absolute atomic E-state index is 0.00595. The van der Waals surface area contributed by atoms with Crippen molar-refractivity contribution in [3.63, 3.8) is 0 Å². The second-order valence-corrected chi connectivity index (χ2v) is 7.38. The van der Waals surface area contributed by atoms with E-state index in [0.29, 0.717) is 18.0 Å². The molecule has 166 valence electrons.